The standard InChI is InChI=1S/C26H34ClFN6O4/c27-25-31-22(30-20-10-12-37-13-11-20)21(28)23(32-25)33-34-24(35)19(14-17-6-4-5-7-17)15-29-26(36)38-16-18-8-2-1-3-9-18/h1-3,8-9,17,19-20H,4-7,10-16H2,(H,29,36)(H,34,35)(H2,30,31,32,33)/t19-/m1/s1. The largest absolute Gasteiger partial charge is 0.445 e. The molecule has 1 aliphatic carbocycles. The summed E-state index contributed by atoms with van der Waals surface area (Å²) < 4.78 is 25.7. The minimum absolute atomic E-state index is 0.00447. The third kappa shape index (κ3) is 8.42. The minimum atomic E-state index is -0.754. The molecule has 4 rings (SSSR count). The molecule has 1 atom stereocenters. The van der Waals surface area contributed by atoms with Gasteiger partial charge in [0.05, 0.1) is 5.92 Å². The van der Waals surface area contributed by atoms with Crippen LogP contribution in [0.25, 0.3) is 0 Å². The highest BCUT2D eigenvalue weighted by Gasteiger charge is 2.27. The van der Waals surface area contributed by atoms with Crippen molar-refractivity contribution in [3.05, 3.63) is 47.0 Å². The fourth-order valence-corrected chi connectivity index (χ4v) is 4.94. The number of anilines is 2. The maximum absolute atomic E-state index is 15.1. The van der Waals surface area contributed by atoms with E-state index in [1.807, 2.05) is 30.3 Å². The Bertz CT molecular complexity index is 1070. The predicted molar refractivity (Wildman–Crippen MR) is 141 cm³/mol. The molecule has 0 radical (unpaired) electrons. The van der Waals surface area contributed by atoms with Gasteiger partial charge in [0.15, 0.2) is 11.6 Å². The highest BCUT2D eigenvalue weighted by molar-refractivity contribution is 6.28. The molecule has 0 unspecified atom stereocenters. The molecule has 1 aromatic heterocycles. The normalized spacial score (nSPS) is 17.0. The van der Waals surface area contributed by atoms with Crippen LogP contribution >= 0.6 is 11.6 Å². The van der Waals surface area contributed by atoms with E-state index in [1.165, 1.54) is 0 Å². The third-order valence-electron chi connectivity index (χ3n) is 6.86. The highest BCUT2D eigenvalue weighted by Crippen LogP contribution is 2.30. The number of hydrogen-bond donors (Lipinski definition) is 4. The quantitative estimate of drug-likeness (QED) is 0.240. The average Bonchev–Trinajstić information content (AvgIpc) is 3.45. The molecule has 2 amide bonds. The summed E-state index contributed by atoms with van der Waals surface area (Å²) in [5, 5.41) is 5.57. The highest BCUT2D eigenvalue weighted by atomic mass is 35.5. The second-order valence-corrected chi connectivity index (χ2v) is 10.0. The summed E-state index contributed by atoms with van der Waals surface area (Å²) in [7, 11) is 0. The van der Waals surface area contributed by atoms with Crippen LogP contribution in [0.5, 0.6) is 0 Å². The molecule has 1 saturated carbocycles. The van der Waals surface area contributed by atoms with E-state index in [9.17, 15) is 9.59 Å². The van der Waals surface area contributed by atoms with Crippen molar-refractivity contribution in [2.24, 2.45) is 11.8 Å². The smallest absolute Gasteiger partial charge is 0.407 e. The number of hydrogen-bond acceptors (Lipinski definition) is 8. The molecule has 2 aliphatic rings. The molecule has 206 valence electrons. The summed E-state index contributed by atoms with van der Waals surface area (Å²) >= 11 is 6.02. The molecule has 1 saturated heterocycles. The van der Waals surface area contributed by atoms with Crippen LogP contribution in [0.4, 0.5) is 20.8 Å². The van der Waals surface area contributed by atoms with E-state index >= 15 is 4.39 Å². The number of carbonyl (C=O) groups excluding carboxylic acids is 2. The van der Waals surface area contributed by atoms with Gasteiger partial charge in [-0.3, -0.25) is 15.6 Å². The Hall–Kier alpha value is -3.18. The average molecular weight is 549 g/mol. The van der Waals surface area contributed by atoms with Crippen LogP contribution in [0.2, 0.25) is 5.28 Å². The number of alkyl carbamates (subject to hydrolysis) is 1. The second kappa shape index (κ2) is 14.1. The van der Waals surface area contributed by atoms with Crippen molar-refractivity contribution in [3.8, 4) is 0 Å². The third-order valence-corrected chi connectivity index (χ3v) is 7.03. The Balaban J connectivity index is 1.33. The van der Waals surface area contributed by atoms with Crippen LogP contribution in [0.1, 0.15) is 50.5 Å². The predicted octanol–water partition coefficient (Wildman–Crippen LogP) is 4.43. The fraction of sp³-hybridized carbons (Fsp3) is 0.538. The molecule has 0 spiro atoms. The summed E-state index contributed by atoms with van der Waals surface area (Å²) in [6.07, 6.45) is 5.72. The summed E-state index contributed by atoms with van der Waals surface area (Å²) in [6, 6.07) is 9.33. The Morgan fingerprint density at radius 3 is 2.53 bits per heavy atom. The Morgan fingerprint density at radius 1 is 1.08 bits per heavy atom. The first-order valence-corrected chi connectivity index (χ1v) is 13.4. The van der Waals surface area contributed by atoms with Crippen molar-refractivity contribution in [1.29, 1.82) is 0 Å². The van der Waals surface area contributed by atoms with Gasteiger partial charge in [-0.1, -0.05) is 56.0 Å². The van der Waals surface area contributed by atoms with E-state index in [0.29, 0.717) is 38.4 Å². The van der Waals surface area contributed by atoms with Gasteiger partial charge in [-0.05, 0) is 42.3 Å². The van der Waals surface area contributed by atoms with Gasteiger partial charge in [-0.2, -0.15) is 14.4 Å². The number of nitrogens with zero attached hydrogens (tertiary/aromatic N) is 2. The van der Waals surface area contributed by atoms with Gasteiger partial charge in [-0.15, -0.1) is 0 Å². The van der Waals surface area contributed by atoms with E-state index in [-0.39, 0.29) is 36.1 Å². The van der Waals surface area contributed by atoms with Crippen molar-refractivity contribution in [3.63, 3.8) is 0 Å². The van der Waals surface area contributed by atoms with Crippen LogP contribution in [-0.2, 0) is 20.9 Å². The van der Waals surface area contributed by atoms with E-state index in [4.69, 9.17) is 21.1 Å². The zero-order valence-electron chi connectivity index (χ0n) is 21.2. The second-order valence-electron chi connectivity index (χ2n) is 9.67. The molecule has 38 heavy (non-hydrogen) atoms. The summed E-state index contributed by atoms with van der Waals surface area (Å²) in [5.74, 6) is -1.60. The van der Waals surface area contributed by atoms with E-state index in [1.54, 1.807) is 0 Å². The molecule has 12 heteroatoms. The van der Waals surface area contributed by atoms with Crippen LogP contribution < -0.4 is 21.5 Å². The SMILES string of the molecule is O=C(NC[C@@H](CC1CCCC1)C(=O)NNc1nc(Cl)nc(NC2CCOCC2)c1F)OCc1ccccc1. The first kappa shape index (κ1) is 27.8. The molecular weight excluding hydrogens is 515 g/mol. The molecular formula is C26H34ClFN6O4. The number of benzene rings is 1. The van der Waals surface area contributed by atoms with Crippen LogP contribution in [0.15, 0.2) is 30.3 Å². The van der Waals surface area contributed by atoms with Crippen molar-refractivity contribution < 1.29 is 23.5 Å². The van der Waals surface area contributed by atoms with Gasteiger partial charge in [0.1, 0.15) is 6.61 Å². The van der Waals surface area contributed by atoms with E-state index in [0.717, 1.165) is 31.2 Å². The lowest BCUT2D eigenvalue weighted by Crippen LogP contribution is -2.42. The van der Waals surface area contributed by atoms with Gasteiger partial charge in [0, 0.05) is 25.8 Å². The van der Waals surface area contributed by atoms with Gasteiger partial charge >= 0.3 is 6.09 Å². The topological polar surface area (TPSA) is 127 Å². The number of ether oxygens (including phenoxy) is 2. The van der Waals surface area contributed by atoms with Crippen LogP contribution in [-0.4, -0.2) is 47.8 Å². The lowest BCUT2D eigenvalue weighted by Gasteiger charge is -2.24. The summed E-state index contributed by atoms with van der Waals surface area (Å²) in [5.41, 5.74) is 5.95. The summed E-state index contributed by atoms with van der Waals surface area (Å²) in [6.45, 7) is 1.37. The maximum Gasteiger partial charge on any atom is 0.407 e. The Labute approximate surface area is 226 Å². The van der Waals surface area contributed by atoms with Crippen molar-refractivity contribution in [2.75, 3.05) is 30.5 Å². The monoisotopic (exact) mass is 548 g/mol. The number of hydrazine groups is 1. The molecule has 0 bridgehead atoms. The summed E-state index contributed by atoms with van der Waals surface area (Å²) in [4.78, 5) is 33.2. The zero-order valence-corrected chi connectivity index (χ0v) is 21.9. The number of nitrogens with one attached hydrogen (secondary N) is 4. The van der Waals surface area contributed by atoms with Crippen molar-refractivity contribution in [1.82, 2.24) is 20.7 Å². The Morgan fingerprint density at radius 2 is 1.79 bits per heavy atom. The Kier molecular flexibility index (Phi) is 10.3. The van der Waals surface area contributed by atoms with E-state index in [2.05, 4.69) is 31.5 Å². The molecule has 2 aromatic rings. The van der Waals surface area contributed by atoms with Crippen LogP contribution in [0.3, 0.4) is 0 Å². The van der Waals surface area contributed by atoms with Crippen molar-refractivity contribution >= 4 is 35.2 Å². The first-order chi connectivity index (χ1) is 18.5. The number of carbonyl (C=O) groups is 2. The lowest BCUT2D eigenvalue weighted by molar-refractivity contribution is -0.124. The maximum atomic E-state index is 15.1. The number of halogens is 2. The molecule has 10 nitrogen and oxygen atoms in total. The fourth-order valence-electron chi connectivity index (χ4n) is 4.77. The minimum Gasteiger partial charge on any atom is -0.445 e. The number of aromatic nitrogens is 2. The molecule has 1 aromatic carbocycles. The molecule has 2 fully saturated rings. The van der Waals surface area contributed by atoms with Gasteiger partial charge in [-0.25, -0.2) is 4.79 Å². The van der Waals surface area contributed by atoms with Gasteiger partial charge in [0.2, 0.25) is 17.0 Å². The molecule has 4 N–H and O–H groups in total. The molecule has 2 heterocycles. The van der Waals surface area contributed by atoms with Crippen molar-refractivity contribution in [2.45, 2.75) is 57.6 Å². The first-order valence-electron chi connectivity index (χ1n) is 13.1. The number of amides is 2. The van der Waals surface area contributed by atoms with Crippen LogP contribution in [0, 0.1) is 17.7 Å². The van der Waals surface area contributed by atoms with Gasteiger partial charge < -0.3 is 20.1 Å². The van der Waals surface area contributed by atoms with Gasteiger partial charge in [0.25, 0.3) is 0 Å². The number of rotatable bonds is 11. The molecule has 1 aliphatic heterocycles. The van der Waals surface area contributed by atoms with E-state index < -0.39 is 23.7 Å². The lowest BCUT2D eigenvalue weighted by atomic mass is 9.92. The zero-order chi connectivity index (χ0) is 26.7.